The third kappa shape index (κ3) is 2.36. The number of fused-ring (bicyclic) bond motifs is 1. The summed E-state index contributed by atoms with van der Waals surface area (Å²) in [7, 11) is 2.16. The molecule has 2 heterocycles. The van der Waals surface area contributed by atoms with Crippen LogP contribution in [0, 0.1) is 6.92 Å². The third-order valence-corrected chi connectivity index (χ3v) is 3.82. The lowest BCUT2D eigenvalue weighted by Gasteiger charge is -2.17. The summed E-state index contributed by atoms with van der Waals surface area (Å²) in [5, 5.41) is 5.84. The Bertz CT molecular complexity index is 608. The van der Waals surface area contributed by atoms with Crippen LogP contribution in [0.25, 0.3) is 10.8 Å². The molecule has 19 heavy (non-hydrogen) atoms. The molecule has 1 atom stereocenters. The number of likely N-dealkylation sites (tertiary alicyclic amines) is 1. The third-order valence-electron chi connectivity index (χ3n) is 3.82. The molecule has 0 spiro atoms. The number of likely N-dealkylation sites (N-methyl/N-ethyl adjacent to an activating group) is 1. The number of nitrogens with zero attached hydrogens (tertiary/aromatic N) is 2. The zero-order chi connectivity index (χ0) is 13.4. The molecule has 1 unspecified atom stereocenters. The van der Waals surface area contributed by atoms with Crippen LogP contribution in [0.15, 0.2) is 24.4 Å². The average molecular weight is 256 g/mol. The van der Waals surface area contributed by atoms with Gasteiger partial charge in [-0.15, -0.1) is 0 Å². The fourth-order valence-electron chi connectivity index (χ4n) is 2.76. The summed E-state index contributed by atoms with van der Waals surface area (Å²) in [4.78, 5) is 6.69. The first-order chi connectivity index (χ1) is 9.13. The monoisotopic (exact) mass is 256 g/mol. The minimum atomic E-state index is 0.519. The number of benzene rings is 1. The van der Waals surface area contributed by atoms with Gasteiger partial charge in [-0.3, -0.25) is 4.98 Å². The van der Waals surface area contributed by atoms with Gasteiger partial charge < -0.3 is 16.0 Å². The van der Waals surface area contributed by atoms with Gasteiger partial charge in [-0.2, -0.15) is 0 Å². The molecule has 1 saturated heterocycles. The molecule has 4 nitrogen and oxygen atoms in total. The van der Waals surface area contributed by atoms with Crippen LogP contribution in [-0.2, 0) is 0 Å². The van der Waals surface area contributed by atoms with E-state index in [2.05, 4.69) is 34.4 Å². The Hall–Kier alpha value is -1.81. The van der Waals surface area contributed by atoms with E-state index in [1.165, 1.54) is 11.8 Å². The highest BCUT2D eigenvalue weighted by Gasteiger charge is 2.19. The first-order valence-electron chi connectivity index (χ1n) is 6.73. The standard InChI is InChI=1S/C15H20N4/c1-10-7-12-13(8-17-10)14(16)3-4-15(12)18-11-5-6-19(2)9-11/h3-4,7-8,11,18H,5-6,9,16H2,1-2H3. The maximum atomic E-state index is 6.03. The van der Waals surface area contributed by atoms with Gasteiger partial charge in [0.2, 0.25) is 0 Å². The van der Waals surface area contributed by atoms with E-state index in [9.17, 15) is 0 Å². The SMILES string of the molecule is Cc1cc2c(NC3CCN(C)C3)ccc(N)c2cn1. The van der Waals surface area contributed by atoms with Crippen LogP contribution in [0.3, 0.4) is 0 Å². The molecule has 3 rings (SSSR count). The molecule has 3 N–H and O–H groups in total. The van der Waals surface area contributed by atoms with E-state index in [0.29, 0.717) is 6.04 Å². The van der Waals surface area contributed by atoms with Crippen molar-refractivity contribution in [3.63, 3.8) is 0 Å². The van der Waals surface area contributed by atoms with Gasteiger partial charge in [0.25, 0.3) is 0 Å². The minimum Gasteiger partial charge on any atom is -0.398 e. The molecular weight excluding hydrogens is 236 g/mol. The highest BCUT2D eigenvalue weighted by Crippen LogP contribution is 2.29. The molecule has 100 valence electrons. The highest BCUT2D eigenvalue weighted by atomic mass is 15.2. The number of nitrogens with two attached hydrogens (primary N) is 1. The van der Waals surface area contributed by atoms with Gasteiger partial charge in [-0.1, -0.05) is 0 Å². The summed E-state index contributed by atoms with van der Waals surface area (Å²) < 4.78 is 0. The second-order valence-corrected chi connectivity index (χ2v) is 5.47. The molecule has 1 aliphatic rings. The fraction of sp³-hybridized carbons (Fsp3) is 0.400. The molecule has 1 aliphatic heterocycles. The van der Waals surface area contributed by atoms with Gasteiger partial charge in [0.1, 0.15) is 0 Å². The summed E-state index contributed by atoms with van der Waals surface area (Å²) >= 11 is 0. The number of pyridine rings is 1. The van der Waals surface area contributed by atoms with Crippen molar-refractivity contribution >= 4 is 22.1 Å². The highest BCUT2D eigenvalue weighted by molar-refractivity contribution is 6.00. The van der Waals surface area contributed by atoms with Crippen molar-refractivity contribution < 1.29 is 0 Å². The van der Waals surface area contributed by atoms with Crippen LogP contribution in [-0.4, -0.2) is 36.1 Å². The van der Waals surface area contributed by atoms with Gasteiger partial charge in [-0.05, 0) is 45.1 Å². The largest absolute Gasteiger partial charge is 0.398 e. The number of aryl methyl sites for hydroxylation is 1. The first kappa shape index (κ1) is 12.2. The normalized spacial score (nSPS) is 20.0. The summed E-state index contributed by atoms with van der Waals surface area (Å²) in [5.74, 6) is 0. The minimum absolute atomic E-state index is 0.519. The number of anilines is 2. The van der Waals surface area contributed by atoms with E-state index in [-0.39, 0.29) is 0 Å². The molecule has 0 radical (unpaired) electrons. The zero-order valence-electron chi connectivity index (χ0n) is 11.5. The summed E-state index contributed by atoms with van der Waals surface area (Å²) in [6.45, 7) is 4.26. The lowest BCUT2D eigenvalue weighted by molar-refractivity contribution is 0.414. The van der Waals surface area contributed by atoms with Crippen molar-refractivity contribution in [2.75, 3.05) is 31.2 Å². The molecule has 0 amide bonds. The van der Waals surface area contributed by atoms with Gasteiger partial charge in [0.15, 0.2) is 0 Å². The lowest BCUT2D eigenvalue weighted by atomic mass is 10.1. The summed E-state index contributed by atoms with van der Waals surface area (Å²) in [5.41, 5.74) is 9.00. The van der Waals surface area contributed by atoms with Crippen molar-refractivity contribution in [2.24, 2.45) is 0 Å². The van der Waals surface area contributed by atoms with E-state index in [1.54, 1.807) is 0 Å². The summed E-state index contributed by atoms with van der Waals surface area (Å²) in [6.07, 6.45) is 3.05. The van der Waals surface area contributed by atoms with Crippen LogP contribution in [0.4, 0.5) is 11.4 Å². The number of rotatable bonds is 2. The number of hydrogen-bond acceptors (Lipinski definition) is 4. The Balaban J connectivity index is 1.99. The number of aromatic nitrogens is 1. The Morgan fingerprint density at radius 3 is 2.95 bits per heavy atom. The first-order valence-corrected chi connectivity index (χ1v) is 6.73. The lowest BCUT2D eigenvalue weighted by Crippen LogP contribution is -2.23. The van der Waals surface area contributed by atoms with E-state index < -0.39 is 0 Å². The number of nitrogens with one attached hydrogen (secondary N) is 1. The predicted molar refractivity (Wildman–Crippen MR) is 80.4 cm³/mol. The van der Waals surface area contributed by atoms with Gasteiger partial charge >= 0.3 is 0 Å². The molecule has 1 aromatic heterocycles. The summed E-state index contributed by atoms with van der Waals surface area (Å²) in [6, 6.07) is 6.66. The Morgan fingerprint density at radius 1 is 1.37 bits per heavy atom. The topological polar surface area (TPSA) is 54.2 Å². The molecule has 0 aliphatic carbocycles. The smallest absolute Gasteiger partial charge is 0.0425 e. The Morgan fingerprint density at radius 2 is 2.21 bits per heavy atom. The molecule has 0 bridgehead atoms. The van der Waals surface area contributed by atoms with Gasteiger partial charge in [0, 0.05) is 46.6 Å². The molecule has 4 heteroatoms. The van der Waals surface area contributed by atoms with E-state index in [1.807, 2.05) is 19.2 Å². The van der Waals surface area contributed by atoms with Crippen molar-refractivity contribution in [3.05, 3.63) is 30.1 Å². The van der Waals surface area contributed by atoms with E-state index >= 15 is 0 Å². The van der Waals surface area contributed by atoms with Crippen molar-refractivity contribution in [3.8, 4) is 0 Å². The van der Waals surface area contributed by atoms with E-state index in [4.69, 9.17) is 5.73 Å². The van der Waals surface area contributed by atoms with Crippen molar-refractivity contribution in [2.45, 2.75) is 19.4 Å². The maximum absolute atomic E-state index is 6.03. The van der Waals surface area contributed by atoms with Crippen LogP contribution in [0.1, 0.15) is 12.1 Å². The van der Waals surface area contributed by atoms with Crippen molar-refractivity contribution in [1.29, 1.82) is 0 Å². The molecule has 2 aromatic rings. The average Bonchev–Trinajstić information content (AvgIpc) is 2.78. The number of hydrogen-bond donors (Lipinski definition) is 2. The Kier molecular flexibility index (Phi) is 3.03. The second kappa shape index (κ2) is 4.70. The van der Waals surface area contributed by atoms with Crippen LogP contribution < -0.4 is 11.1 Å². The Labute approximate surface area is 113 Å². The van der Waals surface area contributed by atoms with Gasteiger partial charge in [-0.25, -0.2) is 0 Å². The molecule has 1 aromatic carbocycles. The van der Waals surface area contributed by atoms with Crippen LogP contribution >= 0.6 is 0 Å². The fourth-order valence-corrected chi connectivity index (χ4v) is 2.76. The molecule has 1 fully saturated rings. The van der Waals surface area contributed by atoms with Crippen LogP contribution in [0.2, 0.25) is 0 Å². The second-order valence-electron chi connectivity index (χ2n) is 5.47. The van der Waals surface area contributed by atoms with Crippen LogP contribution in [0.5, 0.6) is 0 Å². The molecule has 0 saturated carbocycles. The number of nitrogen functional groups attached to an aromatic ring is 1. The zero-order valence-corrected chi connectivity index (χ0v) is 11.5. The quantitative estimate of drug-likeness (QED) is 0.809. The van der Waals surface area contributed by atoms with Crippen molar-refractivity contribution in [1.82, 2.24) is 9.88 Å². The maximum Gasteiger partial charge on any atom is 0.0425 e. The van der Waals surface area contributed by atoms with E-state index in [0.717, 1.165) is 35.5 Å². The molecular formula is C15H20N4. The van der Waals surface area contributed by atoms with Gasteiger partial charge in [0.05, 0.1) is 0 Å². The predicted octanol–water partition coefficient (Wildman–Crippen LogP) is 2.24.